The molecule has 4 heteroatoms. The van der Waals surface area contributed by atoms with Gasteiger partial charge < -0.3 is 9.90 Å². The molecule has 0 aliphatic rings. The third-order valence-corrected chi connectivity index (χ3v) is 4.83. The summed E-state index contributed by atoms with van der Waals surface area (Å²) >= 11 is 0. The fourth-order valence-electron chi connectivity index (χ4n) is 3.11. The zero-order valence-electron chi connectivity index (χ0n) is 16.4. The molecule has 0 spiro atoms. The first kappa shape index (κ1) is 20.6. The van der Waals surface area contributed by atoms with Crippen molar-refractivity contribution in [2.45, 2.75) is 46.1 Å². The van der Waals surface area contributed by atoms with Crippen LogP contribution in [-0.2, 0) is 9.59 Å². The Morgan fingerprint density at radius 2 is 1.33 bits per heavy atom. The highest BCUT2D eigenvalue weighted by Gasteiger charge is 2.49. The molecule has 1 atom stereocenters. The second-order valence-electron chi connectivity index (χ2n) is 7.81. The molecule has 0 fully saturated rings. The Morgan fingerprint density at radius 3 is 1.67 bits per heavy atom. The van der Waals surface area contributed by atoms with E-state index in [-0.39, 0.29) is 18.6 Å². The molecule has 2 aromatic carbocycles. The van der Waals surface area contributed by atoms with Crippen molar-refractivity contribution in [1.29, 1.82) is 0 Å². The summed E-state index contributed by atoms with van der Waals surface area (Å²) in [6, 6.07) is 19.1. The highest BCUT2D eigenvalue weighted by atomic mass is 16.4. The van der Waals surface area contributed by atoms with Crippen LogP contribution in [0.4, 0.5) is 0 Å². The van der Waals surface area contributed by atoms with Gasteiger partial charge in [0.15, 0.2) is 5.54 Å². The summed E-state index contributed by atoms with van der Waals surface area (Å²) in [5.74, 6) is -1.05. The molecular weight excluding hydrogens is 338 g/mol. The molecule has 1 N–H and O–H groups in total. The van der Waals surface area contributed by atoms with Crippen LogP contribution in [0, 0.1) is 5.41 Å². The van der Waals surface area contributed by atoms with Gasteiger partial charge >= 0.3 is 5.97 Å². The number of carbonyl (C=O) groups excluding carboxylic acids is 1. The van der Waals surface area contributed by atoms with Crippen molar-refractivity contribution >= 4 is 17.5 Å². The summed E-state index contributed by atoms with van der Waals surface area (Å²) in [7, 11) is 0. The Morgan fingerprint density at radius 1 is 0.889 bits per heavy atom. The minimum absolute atomic E-state index is 0.0407. The van der Waals surface area contributed by atoms with E-state index in [0.29, 0.717) is 5.71 Å². The number of hydrogen-bond donors (Lipinski definition) is 1. The topological polar surface area (TPSA) is 66.7 Å². The first-order valence-corrected chi connectivity index (χ1v) is 9.11. The monoisotopic (exact) mass is 365 g/mol. The van der Waals surface area contributed by atoms with Crippen molar-refractivity contribution in [3.05, 3.63) is 71.8 Å². The lowest BCUT2D eigenvalue weighted by molar-refractivity contribution is -0.148. The number of aliphatic carboxylic acids is 1. The minimum Gasteiger partial charge on any atom is -0.479 e. The normalized spacial score (nSPS) is 13.5. The van der Waals surface area contributed by atoms with E-state index in [1.54, 1.807) is 0 Å². The standard InChI is InChI=1S/C23H27NO3/c1-17(25)15-16-23(21(26)27,22(2,3)4)24-20(18-11-7-5-8-12-18)19-13-9-6-10-14-19/h5-14H,15-16H2,1-4H3,(H,26,27)/t23-/m0/s1. The maximum atomic E-state index is 12.5. The molecule has 0 aliphatic carbocycles. The lowest BCUT2D eigenvalue weighted by Gasteiger charge is -2.38. The largest absolute Gasteiger partial charge is 0.479 e. The molecule has 4 nitrogen and oxygen atoms in total. The highest BCUT2D eigenvalue weighted by molar-refractivity contribution is 6.13. The number of carboxylic acids is 1. The molecule has 0 amide bonds. The number of nitrogens with zero attached hydrogens (tertiary/aromatic N) is 1. The number of hydrogen-bond acceptors (Lipinski definition) is 3. The zero-order chi connectivity index (χ0) is 20.1. The minimum atomic E-state index is -1.42. The quantitative estimate of drug-likeness (QED) is 0.719. The summed E-state index contributed by atoms with van der Waals surface area (Å²) in [6.07, 6.45) is 0.328. The molecule has 0 aromatic heterocycles. The van der Waals surface area contributed by atoms with E-state index >= 15 is 0 Å². The second-order valence-corrected chi connectivity index (χ2v) is 7.81. The van der Waals surface area contributed by atoms with Gasteiger partial charge in [-0.3, -0.25) is 4.99 Å². The number of rotatable bonds is 7. The van der Waals surface area contributed by atoms with Crippen LogP contribution in [0.15, 0.2) is 65.7 Å². The van der Waals surface area contributed by atoms with E-state index in [9.17, 15) is 14.7 Å². The number of benzene rings is 2. The zero-order valence-corrected chi connectivity index (χ0v) is 16.4. The van der Waals surface area contributed by atoms with Crippen LogP contribution in [0.3, 0.4) is 0 Å². The summed E-state index contributed by atoms with van der Waals surface area (Å²) in [5.41, 5.74) is 0.225. The molecule has 142 valence electrons. The molecule has 0 saturated heterocycles. The molecule has 0 bridgehead atoms. The van der Waals surface area contributed by atoms with Crippen LogP contribution in [0.2, 0.25) is 0 Å². The second kappa shape index (κ2) is 8.30. The van der Waals surface area contributed by atoms with Gasteiger partial charge in [-0.25, -0.2) is 4.79 Å². The smallest absolute Gasteiger partial charge is 0.332 e. The van der Waals surface area contributed by atoms with Gasteiger partial charge in [0, 0.05) is 17.5 Å². The molecule has 0 radical (unpaired) electrons. The van der Waals surface area contributed by atoms with Crippen molar-refractivity contribution < 1.29 is 14.7 Å². The number of aliphatic imine (C=N–C) groups is 1. The molecule has 0 saturated carbocycles. The van der Waals surface area contributed by atoms with Gasteiger partial charge in [-0.05, 0) is 18.8 Å². The Balaban J connectivity index is 2.74. The first-order valence-electron chi connectivity index (χ1n) is 9.11. The van der Waals surface area contributed by atoms with Crippen LogP contribution < -0.4 is 0 Å². The summed E-state index contributed by atoms with van der Waals surface area (Å²) in [6.45, 7) is 7.06. The molecule has 0 heterocycles. The maximum Gasteiger partial charge on any atom is 0.332 e. The lowest BCUT2D eigenvalue weighted by atomic mass is 9.70. The molecule has 27 heavy (non-hydrogen) atoms. The molecule has 0 unspecified atom stereocenters. The number of carboxylic acid groups (broad SMARTS) is 1. The Hall–Kier alpha value is -2.75. The predicted molar refractivity (Wildman–Crippen MR) is 108 cm³/mol. The third kappa shape index (κ3) is 4.70. The fraction of sp³-hybridized carbons (Fsp3) is 0.348. The van der Waals surface area contributed by atoms with Crippen molar-refractivity contribution in [1.82, 2.24) is 0 Å². The van der Waals surface area contributed by atoms with Gasteiger partial charge in [-0.1, -0.05) is 81.4 Å². The average molecular weight is 365 g/mol. The average Bonchev–Trinajstić information content (AvgIpc) is 2.62. The molecular formula is C23H27NO3. The van der Waals surface area contributed by atoms with E-state index < -0.39 is 16.9 Å². The summed E-state index contributed by atoms with van der Waals surface area (Å²) in [4.78, 5) is 28.9. The number of carbonyl (C=O) groups is 2. The Kier molecular flexibility index (Phi) is 6.32. The van der Waals surface area contributed by atoms with Crippen LogP contribution in [0.1, 0.15) is 51.7 Å². The molecule has 2 rings (SSSR count). The third-order valence-electron chi connectivity index (χ3n) is 4.83. The van der Waals surface area contributed by atoms with E-state index in [1.807, 2.05) is 81.4 Å². The highest BCUT2D eigenvalue weighted by Crippen LogP contribution is 2.39. The van der Waals surface area contributed by atoms with Gasteiger partial charge in [0.1, 0.15) is 5.78 Å². The number of ketones is 1. The van der Waals surface area contributed by atoms with Crippen LogP contribution >= 0.6 is 0 Å². The van der Waals surface area contributed by atoms with Crippen LogP contribution in [0.25, 0.3) is 0 Å². The first-order chi connectivity index (χ1) is 12.7. The fourth-order valence-corrected chi connectivity index (χ4v) is 3.11. The van der Waals surface area contributed by atoms with E-state index in [4.69, 9.17) is 4.99 Å². The van der Waals surface area contributed by atoms with Gasteiger partial charge in [-0.2, -0.15) is 0 Å². The van der Waals surface area contributed by atoms with Crippen LogP contribution in [0.5, 0.6) is 0 Å². The molecule has 0 aliphatic heterocycles. The van der Waals surface area contributed by atoms with Crippen LogP contribution in [-0.4, -0.2) is 28.1 Å². The van der Waals surface area contributed by atoms with Crippen molar-refractivity contribution in [2.24, 2.45) is 10.4 Å². The SMILES string of the molecule is CC(=O)CC[C@](N=C(c1ccccc1)c1ccccc1)(C(=O)O)C(C)(C)C. The summed E-state index contributed by atoms with van der Waals surface area (Å²) in [5, 5.41) is 10.2. The summed E-state index contributed by atoms with van der Waals surface area (Å²) < 4.78 is 0. The lowest BCUT2D eigenvalue weighted by Crippen LogP contribution is -2.49. The van der Waals surface area contributed by atoms with Crippen molar-refractivity contribution in [3.8, 4) is 0 Å². The maximum absolute atomic E-state index is 12.5. The van der Waals surface area contributed by atoms with Crippen molar-refractivity contribution in [3.63, 3.8) is 0 Å². The molecule has 2 aromatic rings. The Bertz CT molecular complexity index is 778. The van der Waals surface area contributed by atoms with Gasteiger partial charge in [-0.15, -0.1) is 0 Å². The predicted octanol–water partition coefficient (Wildman–Crippen LogP) is 4.76. The van der Waals surface area contributed by atoms with E-state index in [1.165, 1.54) is 6.92 Å². The van der Waals surface area contributed by atoms with Gasteiger partial charge in [0.2, 0.25) is 0 Å². The Labute approximate surface area is 161 Å². The van der Waals surface area contributed by atoms with E-state index in [0.717, 1.165) is 11.1 Å². The van der Waals surface area contributed by atoms with E-state index in [2.05, 4.69) is 0 Å². The van der Waals surface area contributed by atoms with Gasteiger partial charge in [0.25, 0.3) is 0 Å². The van der Waals surface area contributed by atoms with Crippen molar-refractivity contribution in [2.75, 3.05) is 0 Å². The van der Waals surface area contributed by atoms with Gasteiger partial charge in [0.05, 0.1) is 5.71 Å². The number of Topliss-reactive ketones (excluding diaryl/α,β-unsaturated/α-hetero) is 1.